The summed E-state index contributed by atoms with van der Waals surface area (Å²) >= 11 is 0. The normalized spacial score (nSPS) is 25.2. The Labute approximate surface area is 113 Å². The van der Waals surface area contributed by atoms with Crippen LogP contribution in [-0.2, 0) is 10.0 Å². The van der Waals surface area contributed by atoms with E-state index in [1.54, 1.807) is 0 Å². The number of nitrogens with two attached hydrogens (primary N) is 1. The molecule has 2 rings (SSSR count). The minimum Gasteiger partial charge on any atom is -0.292 e. The van der Waals surface area contributed by atoms with Gasteiger partial charge in [-0.05, 0) is 25.7 Å². The minimum absolute atomic E-state index is 0.00788. The number of aromatic nitrogens is 2. The number of rotatable bonds is 3. The Morgan fingerprint density at radius 1 is 1.32 bits per heavy atom. The average Bonchev–Trinajstić information content (AvgIpc) is 2.41. The predicted octanol–water partition coefficient (Wildman–Crippen LogP) is 0.571. The summed E-state index contributed by atoms with van der Waals surface area (Å²) < 4.78 is 26.6. The Balaban J connectivity index is 2.29. The van der Waals surface area contributed by atoms with Crippen LogP contribution in [0.4, 0.5) is 5.95 Å². The molecule has 1 aromatic rings. The summed E-state index contributed by atoms with van der Waals surface area (Å²) in [5.74, 6) is 5.72. The quantitative estimate of drug-likeness (QED) is 0.622. The molecule has 8 heteroatoms. The lowest BCUT2D eigenvalue weighted by Crippen LogP contribution is -2.44. The molecule has 0 aromatic carbocycles. The molecule has 1 aliphatic rings. The van der Waals surface area contributed by atoms with Crippen LogP contribution in [0.5, 0.6) is 0 Å². The van der Waals surface area contributed by atoms with Crippen LogP contribution < -0.4 is 11.3 Å². The first-order valence-electron chi connectivity index (χ1n) is 6.25. The summed E-state index contributed by atoms with van der Waals surface area (Å²) in [6.45, 7) is 4.53. The van der Waals surface area contributed by atoms with Crippen LogP contribution in [0.3, 0.4) is 0 Å². The number of nitrogen functional groups attached to an aromatic ring is 1. The fraction of sp³-hybridized carbons (Fsp3) is 0.636. The third-order valence-corrected chi connectivity index (χ3v) is 5.36. The SMILES string of the molecule is CC1CCC(C)N(S(=O)(=O)c2cnc(NN)nc2)C1. The van der Waals surface area contributed by atoms with Gasteiger partial charge in [0, 0.05) is 12.6 Å². The lowest BCUT2D eigenvalue weighted by molar-refractivity contribution is 0.218. The molecule has 0 amide bonds. The van der Waals surface area contributed by atoms with Crippen LogP contribution in [0.25, 0.3) is 0 Å². The summed E-state index contributed by atoms with van der Waals surface area (Å²) in [6, 6.07) is 0.00788. The second-order valence-electron chi connectivity index (χ2n) is 4.99. The maximum atomic E-state index is 12.5. The van der Waals surface area contributed by atoms with E-state index < -0.39 is 10.0 Å². The van der Waals surface area contributed by atoms with Crippen molar-refractivity contribution in [2.24, 2.45) is 11.8 Å². The highest BCUT2D eigenvalue weighted by atomic mass is 32.2. The number of sulfonamides is 1. The minimum atomic E-state index is -3.53. The second-order valence-corrected chi connectivity index (χ2v) is 6.88. The first-order chi connectivity index (χ1) is 8.95. The van der Waals surface area contributed by atoms with Gasteiger partial charge in [0.05, 0.1) is 12.4 Å². The van der Waals surface area contributed by atoms with E-state index >= 15 is 0 Å². The molecule has 0 spiro atoms. The van der Waals surface area contributed by atoms with E-state index in [4.69, 9.17) is 5.84 Å². The third-order valence-electron chi connectivity index (χ3n) is 3.42. The van der Waals surface area contributed by atoms with Crippen molar-refractivity contribution in [2.45, 2.75) is 37.6 Å². The second kappa shape index (κ2) is 5.40. The van der Waals surface area contributed by atoms with Crippen molar-refractivity contribution in [1.29, 1.82) is 0 Å². The first-order valence-corrected chi connectivity index (χ1v) is 7.69. The molecule has 1 aromatic heterocycles. The molecule has 3 N–H and O–H groups in total. The van der Waals surface area contributed by atoms with Crippen molar-refractivity contribution in [3.05, 3.63) is 12.4 Å². The zero-order chi connectivity index (χ0) is 14.0. The van der Waals surface area contributed by atoms with Crippen molar-refractivity contribution in [3.8, 4) is 0 Å². The Hall–Kier alpha value is -1.25. The Bertz CT molecular complexity index is 531. The molecule has 2 atom stereocenters. The van der Waals surface area contributed by atoms with E-state index in [9.17, 15) is 8.42 Å². The number of nitrogens with zero attached hydrogens (tertiary/aromatic N) is 3. The molecule has 2 heterocycles. The third kappa shape index (κ3) is 2.85. The fourth-order valence-electron chi connectivity index (χ4n) is 2.24. The highest BCUT2D eigenvalue weighted by Crippen LogP contribution is 2.27. The van der Waals surface area contributed by atoms with E-state index in [2.05, 4.69) is 22.3 Å². The molecule has 1 aliphatic heterocycles. The van der Waals surface area contributed by atoms with Gasteiger partial charge in [0.2, 0.25) is 16.0 Å². The van der Waals surface area contributed by atoms with Crippen LogP contribution in [-0.4, -0.2) is 35.3 Å². The largest absolute Gasteiger partial charge is 0.292 e. The van der Waals surface area contributed by atoms with Crippen molar-refractivity contribution >= 4 is 16.0 Å². The number of hydrogen-bond donors (Lipinski definition) is 2. The average molecular weight is 285 g/mol. The van der Waals surface area contributed by atoms with Gasteiger partial charge in [-0.3, -0.25) is 5.43 Å². The zero-order valence-electron chi connectivity index (χ0n) is 11.1. The topological polar surface area (TPSA) is 101 Å². The van der Waals surface area contributed by atoms with Gasteiger partial charge in [0.1, 0.15) is 4.90 Å². The molecule has 0 bridgehead atoms. The van der Waals surface area contributed by atoms with Gasteiger partial charge in [-0.15, -0.1) is 0 Å². The van der Waals surface area contributed by atoms with Crippen LogP contribution in [0.2, 0.25) is 0 Å². The molecule has 19 heavy (non-hydrogen) atoms. The smallest absolute Gasteiger partial charge is 0.246 e. The predicted molar refractivity (Wildman–Crippen MR) is 71.6 cm³/mol. The van der Waals surface area contributed by atoms with Crippen LogP contribution in [0.1, 0.15) is 26.7 Å². The maximum Gasteiger partial charge on any atom is 0.246 e. The monoisotopic (exact) mass is 285 g/mol. The number of nitrogens with one attached hydrogen (secondary N) is 1. The molecule has 1 saturated heterocycles. The van der Waals surface area contributed by atoms with Crippen LogP contribution >= 0.6 is 0 Å². The van der Waals surface area contributed by atoms with Crippen molar-refractivity contribution in [2.75, 3.05) is 12.0 Å². The molecule has 0 radical (unpaired) electrons. The molecule has 7 nitrogen and oxygen atoms in total. The summed E-state index contributed by atoms with van der Waals surface area (Å²) in [5.41, 5.74) is 2.27. The van der Waals surface area contributed by atoms with Crippen molar-refractivity contribution in [3.63, 3.8) is 0 Å². The van der Waals surface area contributed by atoms with Gasteiger partial charge in [-0.2, -0.15) is 4.31 Å². The van der Waals surface area contributed by atoms with Crippen LogP contribution in [0.15, 0.2) is 17.3 Å². The molecule has 2 unspecified atom stereocenters. The molecule has 106 valence electrons. The molecular weight excluding hydrogens is 266 g/mol. The Morgan fingerprint density at radius 2 is 1.95 bits per heavy atom. The van der Waals surface area contributed by atoms with E-state index in [-0.39, 0.29) is 16.9 Å². The Morgan fingerprint density at radius 3 is 2.53 bits per heavy atom. The van der Waals surface area contributed by atoms with Gasteiger partial charge < -0.3 is 0 Å². The molecule has 0 aliphatic carbocycles. The van der Waals surface area contributed by atoms with E-state index in [0.29, 0.717) is 12.5 Å². The standard InChI is InChI=1S/C11H19N5O2S/c1-8-3-4-9(2)16(7-8)19(17,18)10-5-13-11(15-12)14-6-10/h5-6,8-9H,3-4,7,12H2,1-2H3,(H,13,14,15). The number of hydrogen-bond acceptors (Lipinski definition) is 6. The maximum absolute atomic E-state index is 12.5. The van der Waals surface area contributed by atoms with E-state index in [0.717, 1.165) is 12.8 Å². The summed E-state index contributed by atoms with van der Waals surface area (Å²) in [6.07, 6.45) is 4.50. The van der Waals surface area contributed by atoms with Crippen LogP contribution in [0, 0.1) is 5.92 Å². The number of piperidine rings is 1. The molecule has 0 saturated carbocycles. The van der Waals surface area contributed by atoms with Gasteiger partial charge in [0.25, 0.3) is 0 Å². The fourth-order valence-corrected chi connectivity index (χ4v) is 3.92. The summed E-state index contributed by atoms with van der Waals surface area (Å²) in [5, 5.41) is 0. The molecule has 1 fully saturated rings. The highest BCUT2D eigenvalue weighted by Gasteiger charge is 2.33. The lowest BCUT2D eigenvalue weighted by Gasteiger charge is -2.35. The number of hydrazine groups is 1. The van der Waals surface area contributed by atoms with Gasteiger partial charge in [-0.1, -0.05) is 6.92 Å². The van der Waals surface area contributed by atoms with Gasteiger partial charge >= 0.3 is 0 Å². The van der Waals surface area contributed by atoms with E-state index in [1.807, 2.05) is 6.92 Å². The Kier molecular flexibility index (Phi) is 4.02. The van der Waals surface area contributed by atoms with Gasteiger partial charge in [0.15, 0.2) is 0 Å². The van der Waals surface area contributed by atoms with E-state index in [1.165, 1.54) is 16.7 Å². The first kappa shape index (κ1) is 14.2. The van der Waals surface area contributed by atoms with Crippen molar-refractivity contribution in [1.82, 2.24) is 14.3 Å². The summed E-state index contributed by atoms with van der Waals surface area (Å²) in [7, 11) is -3.53. The number of anilines is 1. The van der Waals surface area contributed by atoms with Gasteiger partial charge in [-0.25, -0.2) is 24.2 Å². The lowest BCUT2D eigenvalue weighted by atomic mass is 9.97. The summed E-state index contributed by atoms with van der Waals surface area (Å²) in [4.78, 5) is 7.80. The van der Waals surface area contributed by atoms with Crippen molar-refractivity contribution < 1.29 is 8.42 Å². The highest BCUT2D eigenvalue weighted by molar-refractivity contribution is 7.89. The zero-order valence-corrected chi connectivity index (χ0v) is 11.9. The molecular formula is C11H19N5O2S.